The van der Waals surface area contributed by atoms with E-state index in [0.717, 1.165) is 49.9 Å². The van der Waals surface area contributed by atoms with E-state index in [1.165, 1.54) is 37.8 Å². The molecule has 1 fully saturated rings. The zero-order valence-corrected chi connectivity index (χ0v) is 18.0. The number of hydrogen-bond acceptors (Lipinski definition) is 2. The molecular formula is C25H27F5O2. The summed E-state index contributed by atoms with van der Waals surface area (Å²) < 4.78 is 72.2. The zero-order valence-electron chi connectivity index (χ0n) is 18.0. The highest BCUT2D eigenvalue weighted by molar-refractivity contribution is 5.91. The molecule has 0 aliphatic heterocycles. The van der Waals surface area contributed by atoms with Crippen LogP contribution in [0.5, 0.6) is 5.75 Å². The molecule has 7 heteroatoms. The summed E-state index contributed by atoms with van der Waals surface area (Å²) in [5.74, 6) is -3.15. The first kappa shape index (κ1) is 24.2. The minimum absolute atomic E-state index is 0.0908. The highest BCUT2D eigenvalue weighted by atomic mass is 19.4. The zero-order chi connectivity index (χ0) is 23.3. The number of carbonyl (C=O) groups is 1. The third-order valence-corrected chi connectivity index (χ3v) is 6.23. The highest BCUT2D eigenvalue weighted by Crippen LogP contribution is 2.39. The van der Waals surface area contributed by atoms with Crippen LogP contribution in [0.3, 0.4) is 0 Å². The molecule has 0 bridgehead atoms. The largest absolute Gasteiger partial charge is 0.423 e. The van der Waals surface area contributed by atoms with E-state index in [2.05, 4.69) is 6.92 Å². The van der Waals surface area contributed by atoms with Crippen LogP contribution in [0.4, 0.5) is 22.0 Å². The Morgan fingerprint density at radius 1 is 0.938 bits per heavy atom. The fourth-order valence-electron chi connectivity index (χ4n) is 4.36. The number of alkyl halides is 3. The third kappa shape index (κ3) is 5.87. The van der Waals surface area contributed by atoms with E-state index in [9.17, 15) is 26.7 Å². The molecule has 1 aliphatic carbocycles. The summed E-state index contributed by atoms with van der Waals surface area (Å²) in [6, 6.07) is 6.03. The molecule has 0 amide bonds. The van der Waals surface area contributed by atoms with Crippen LogP contribution in [0.2, 0.25) is 0 Å². The molecule has 2 aromatic carbocycles. The maximum absolute atomic E-state index is 14.8. The van der Waals surface area contributed by atoms with E-state index < -0.39 is 34.9 Å². The normalized spacial score (nSPS) is 19.1. The van der Waals surface area contributed by atoms with E-state index in [1.54, 1.807) is 0 Å². The smallest absolute Gasteiger partial charge is 0.416 e. The third-order valence-electron chi connectivity index (χ3n) is 6.23. The van der Waals surface area contributed by atoms with E-state index in [4.69, 9.17) is 4.74 Å². The summed E-state index contributed by atoms with van der Waals surface area (Å²) in [4.78, 5) is 12.3. The lowest BCUT2D eigenvalue weighted by atomic mass is 9.76. The SMILES string of the molecule is CCCCCC1CCC(c2ccc(C(=O)Oc3ccc(C(F)(F)F)cc3)c(F)c2F)CC1. The van der Waals surface area contributed by atoms with Gasteiger partial charge in [-0.2, -0.15) is 13.2 Å². The van der Waals surface area contributed by atoms with Crippen molar-refractivity contribution in [2.45, 2.75) is 70.4 Å². The molecule has 32 heavy (non-hydrogen) atoms. The van der Waals surface area contributed by atoms with Gasteiger partial charge in [0.25, 0.3) is 0 Å². The number of hydrogen-bond donors (Lipinski definition) is 0. The Labute approximate surface area is 184 Å². The topological polar surface area (TPSA) is 26.3 Å². The van der Waals surface area contributed by atoms with E-state index in [-0.39, 0.29) is 17.2 Å². The van der Waals surface area contributed by atoms with Crippen LogP contribution in [0, 0.1) is 17.6 Å². The van der Waals surface area contributed by atoms with Gasteiger partial charge in [0, 0.05) is 0 Å². The van der Waals surface area contributed by atoms with Crippen LogP contribution >= 0.6 is 0 Å². The molecule has 0 aromatic heterocycles. The Bertz CT molecular complexity index is 913. The molecule has 0 heterocycles. The summed E-state index contributed by atoms with van der Waals surface area (Å²) in [5, 5.41) is 0. The second-order valence-corrected chi connectivity index (χ2v) is 8.46. The van der Waals surface area contributed by atoms with Gasteiger partial charge in [0.2, 0.25) is 0 Å². The van der Waals surface area contributed by atoms with Crippen molar-refractivity contribution in [2.75, 3.05) is 0 Å². The summed E-state index contributed by atoms with van der Waals surface area (Å²) in [6.07, 6.45) is 3.75. The molecule has 1 saturated carbocycles. The second-order valence-electron chi connectivity index (χ2n) is 8.46. The number of rotatable bonds is 7. The van der Waals surface area contributed by atoms with Gasteiger partial charge >= 0.3 is 12.1 Å². The van der Waals surface area contributed by atoms with Gasteiger partial charge in [-0.3, -0.25) is 0 Å². The van der Waals surface area contributed by atoms with Gasteiger partial charge in [-0.15, -0.1) is 0 Å². The first-order valence-electron chi connectivity index (χ1n) is 11.1. The van der Waals surface area contributed by atoms with Gasteiger partial charge in [-0.1, -0.05) is 38.7 Å². The first-order valence-corrected chi connectivity index (χ1v) is 11.1. The molecule has 3 rings (SSSR count). The highest BCUT2D eigenvalue weighted by Gasteiger charge is 2.31. The Morgan fingerprint density at radius 2 is 1.59 bits per heavy atom. The minimum Gasteiger partial charge on any atom is -0.423 e. The maximum Gasteiger partial charge on any atom is 0.416 e. The standard InChI is InChI=1S/C25H27F5O2/c1-2-3-4-5-16-6-8-17(9-7-16)20-14-15-21(23(27)22(20)26)24(31)32-19-12-10-18(11-13-19)25(28,29)30/h10-17H,2-9H2,1H3. The molecule has 2 nitrogen and oxygen atoms in total. The van der Waals surface area contributed by atoms with Crippen molar-refractivity contribution in [3.8, 4) is 5.75 Å². The number of unbranched alkanes of at least 4 members (excludes halogenated alkanes) is 2. The Balaban J connectivity index is 1.65. The van der Waals surface area contributed by atoms with E-state index in [0.29, 0.717) is 5.92 Å². The fourth-order valence-corrected chi connectivity index (χ4v) is 4.36. The van der Waals surface area contributed by atoms with Crippen molar-refractivity contribution >= 4 is 5.97 Å². The maximum atomic E-state index is 14.8. The molecule has 0 spiro atoms. The van der Waals surface area contributed by atoms with Gasteiger partial charge in [0.1, 0.15) is 5.75 Å². The molecule has 174 valence electrons. The molecule has 2 aromatic rings. The second kappa shape index (κ2) is 10.5. The average molecular weight is 454 g/mol. The summed E-state index contributed by atoms with van der Waals surface area (Å²) in [5.41, 5.74) is -1.22. The van der Waals surface area contributed by atoms with E-state index in [1.807, 2.05) is 0 Å². The van der Waals surface area contributed by atoms with Crippen molar-refractivity contribution in [1.82, 2.24) is 0 Å². The minimum atomic E-state index is -4.53. The number of benzene rings is 2. The van der Waals surface area contributed by atoms with Crippen LogP contribution in [0.15, 0.2) is 36.4 Å². The Morgan fingerprint density at radius 3 is 2.19 bits per heavy atom. The molecule has 0 unspecified atom stereocenters. The van der Waals surface area contributed by atoms with Crippen molar-refractivity contribution < 1.29 is 31.5 Å². The van der Waals surface area contributed by atoms with E-state index >= 15 is 0 Å². The lowest BCUT2D eigenvalue weighted by Crippen LogP contribution is -2.17. The monoisotopic (exact) mass is 454 g/mol. The average Bonchev–Trinajstić information content (AvgIpc) is 2.76. The van der Waals surface area contributed by atoms with Crippen molar-refractivity contribution in [1.29, 1.82) is 0 Å². The molecule has 0 atom stereocenters. The molecule has 0 saturated heterocycles. The quantitative estimate of drug-likeness (QED) is 0.183. The number of halogens is 5. The fraction of sp³-hybridized carbons (Fsp3) is 0.480. The van der Waals surface area contributed by atoms with Crippen LogP contribution < -0.4 is 4.74 Å². The predicted octanol–water partition coefficient (Wildman–Crippen LogP) is 8.06. The van der Waals surface area contributed by atoms with Gasteiger partial charge in [-0.05, 0) is 73.4 Å². The van der Waals surface area contributed by atoms with Crippen molar-refractivity contribution in [3.63, 3.8) is 0 Å². The molecular weight excluding hydrogens is 427 g/mol. The van der Waals surface area contributed by atoms with Gasteiger partial charge in [0.15, 0.2) is 11.6 Å². The summed E-state index contributed by atoms with van der Waals surface area (Å²) in [6.45, 7) is 2.16. The van der Waals surface area contributed by atoms with Crippen molar-refractivity contribution in [3.05, 3.63) is 64.7 Å². The van der Waals surface area contributed by atoms with Gasteiger partial charge in [0.05, 0.1) is 11.1 Å². The number of esters is 1. The number of ether oxygens (including phenoxy) is 1. The predicted molar refractivity (Wildman–Crippen MR) is 112 cm³/mol. The number of carbonyl (C=O) groups excluding carboxylic acids is 1. The van der Waals surface area contributed by atoms with Crippen LogP contribution in [0.1, 0.15) is 85.7 Å². The first-order chi connectivity index (χ1) is 15.2. The Kier molecular flexibility index (Phi) is 7.91. The molecule has 0 radical (unpaired) electrons. The summed E-state index contributed by atoms with van der Waals surface area (Å²) in [7, 11) is 0. The van der Waals surface area contributed by atoms with Gasteiger partial charge in [-0.25, -0.2) is 13.6 Å². The van der Waals surface area contributed by atoms with Crippen molar-refractivity contribution in [2.24, 2.45) is 5.92 Å². The van der Waals surface area contributed by atoms with Gasteiger partial charge < -0.3 is 4.74 Å². The lowest BCUT2D eigenvalue weighted by Gasteiger charge is -2.29. The molecule has 0 N–H and O–H groups in total. The van der Waals surface area contributed by atoms with Crippen LogP contribution in [-0.2, 0) is 6.18 Å². The summed E-state index contributed by atoms with van der Waals surface area (Å²) >= 11 is 0. The molecule has 1 aliphatic rings. The van der Waals surface area contributed by atoms with Crippen LogP contribution in [-0.4, -0.2) is 5.97 Å². The Hall–Kier alpha value is -2.44. The lowest BCUT2D eigenvalue weighted by molar-refractivity contribution is -0.137. The van der Waals surface area contributed by atoms with Crippen LogP contribution in [0.25, 0.3) is 0 Å².